The molecule has 0 spiro atoms. The molecule has 0 radical (unpaired) electrons. The summed E-state index contributed by atoms with van der Waals surface area (Å²) < 4.78 is 4.72. The third-order valence-corrected chi connectivity index (χ3v) is 7.94. The predicted octanol–water partition coefficient (Wildman–Crippen LogP) is 7.42. The Morgan fingerprint density at radius 1 is 0.972 bits per heavy atom. The van der Waals surface area contributed by atoms with Gasteiger partial charge in [0.2, 0.25) is 0 Å². The molecule has 36 heavy (non-hydrogen) atoms. The van der Waals surface area contributed by atoms with Crippen molar-refractivity contribution in [2.75, 3.05) is 0 Å². The van der Waals surface area contributed by atoms with Crippen LogP contribution in [0.25, 0.3) is 16.6 Å². The Bertz CT molecular complexity index is 1530. The number of nitrogens with zero attached hydrogens (tertiary/aromatic N) is 4. The van der Waals surface area contributed by atoms with Crippen LogP contribution in [0.4, 0.5) is 0 Å². The molecule has 6 heteroatoms. The third kappa shape index (κ3) is 4.47. The number of rotatable bonds is 4. The Hall–Kier alpha value is -2.99. The standard InChI is InChI=1S/C30H33BrN4O/c1-18-13-19(2)28(20(3)14-18)34-21(4)15-24(22(34)5)17-32-35-29(23-9-7-6-8-10-23)33-27-12-11-25(31)16-26(27)30(35)36/h11-17,23H,6-10H2,1-5H3. The summed E-state index contributed by atoms with van der Waals surface area (Å²) in [6.45, 7) is 10.7. The van der Waals surface area contributed by atoms with Gasteiger partial charge in [0.05, 0.1) is 22.8 Å². The molecule has 1 aliphatic rings. The highest BCUT2D eigenvalue weighted by Gasteiger charge is 2.23. The molecule has 1 aliphatic carbocycles. The number of benzene rings is 2. The second kappa shape index (κ2) is 9.81. The lowest BCUT2D eigenvalue weighted by Gasteiger charge is -2.22. The summed E-state index contributed by atoms with van der Waals surface area (Å²) in [5.74, 6) is 1.03. The quantitative estimate of drug-likeness (QED) is 0.251. The van der Waals surface area contributed by atoms with Gasteiger partial charge in [-0.2, -0.15) is 9.78 Å². The van der Waals surface area contributed by atoms with Crippen LogP contribution in [0.2, 0.25) is 0 Å². The van der Waals surface area contributed by atoms with E-state index in [0.717, 1.165) is 45.6 Å². The smallest absolute Gasteiger partial charge is 0.282 e. The molecule has 2 aromatic heterocycles. The molecular formula is C30H33BrN4O. The summed E-state index contributed by atoms with van der Waals surface area (Å²) in [5.41, 5.74) is 8.85. The van der Waals surface area contributed by atoms with Gasteiger partial charge in [-0.3, -0.25) is 4.79 Å². The molecule has 2 aromatic carbocycles. The molecule has 2 heterocycles. The Morgan fingerprint density at radius 3 is 2.36 bits per heavy atom. The topological polar surface area (TPSA) is 52.2 Å². The number of hydrogen-bond donors (Lipinski definition) is 0. The highest BCUT2D eigenvalue weighted by molar-refractivity contribution is 9.10. The largest absolute Gasteiger partial charge is 0.317 e. The number of halogens is 1. The van der Waals surface area contributed by atoms with Crippen LogP contribution in [-0.2, 0) is 0 Å². The molecule has 1 saturated carbocycles. The van der Waals surface area contributed by atoms with E-state index in [4.69, 9.17) is 10.1 Å². The van der Waals surface area contributed by atoms with E-state index in [2.05, 4.69) is 73.3 Å². The summed E-state index contributed by atoms with van der Waals surface area (Å²) in [5, 5.41) is 5.37. The van der Waals surface area contributed by atoms with Crippen molar-refractivity contribution >= 4 is 33.0 Å². The van der Waals surface area contributed by atoms with Gasteiger partial charge in [0.25, 0.3) is 5.56 Å². The summed E-state index contributed by atoms with van der Waals surface area (Å²) in [4.78, 5) is 18.6. The molecular weight excluding hydrogens is 512 g/mol. The van der Waals surface area contributed by atoms with Crippen molar-refractivity contribution in [2.24, 2.45) is 5.10 Å². The van der Waals surface area contributed by atoms with E-state index >= 15 is 0 Å². The van der Waals surface area contributed by atoms with E-state index in [1.54, 1.807) is 4.68 Å². The molecule has 0 saturated heterocycles. The van der Waals surface area contributed by atoms with Gasteiger partial charge < -0.3 is 4.57 Å². The van der Waals surface area contributed by atoms with Gasteiger partial charge in [-0.05, 0) is 82.9 Å². The summed E-state index contributed by atoms with van der Waals surface area (Å²) in [6.07, 6.45) is 7.50. The van der Waals surface area contributed by atoms with Crippen molar-refractivity contribution in [2.45, 2.75) is 72.6 Å². The minimum absolute atomic E-state index is 0.114. The first-order valence-electron chi connectivity index (χ1n) is 12.8. The van der Waals surface area contributed by atoms with Crippen molar-refractivity contribution in [3.8, 4) is 5.69 Å². The zero-order chi connectivity index (χ0) is 25.6. The Labute approximate surface area is 221 Å². The molecule has 0 atom stereocenters. The van der Waals surface area contributed by atoms with E-state index in [9.17, 15) is 4.79 Å². The molecule has 0 amide bonds. The maximum atomic E-state index is 13.6. The molecule has 5 nitrogen and oxygen atoms in total. The third-order valence-electron chi connectivity index (χ3n) is 7.45. The lowest BCUT2D eigenvalue weighted by Crippen LogP contribution is -2.25. The minimum Gasteiger partial charge on any atom is -0.317 e. The van der Waals surface area contributed by atoms with Crippen LogP contribution in [0.5, 0.6) is 0 Å². The predicted molar refractivity (Wildman–Crippen MR) is 152 cm³/mol. The van der Waals surface area contributed by atoms with E-state index < -0.39 is 0 Å². The van der Waals surface area contributed by atoms with Crippen LogP contribution in [-0.4, -0.2) is 20.4 Å². The number of aromatic nitrogens is 3. The fourth-order valence-corrected chi connectivity index (χ4v) is 6.17. The first kappa shape index (κ1) is 24.7. The highest BCUT2D eigenvalue weighted by atomic mass is 79.9. The Balaban J connectivity index is 1.64. The van der Waals surface area contributed by atoms with E-state index in [1.165, 1.54) is 41.6 Å². The van der Waals surface area contributed by atoms with Crippen molar-refractivity contribution in [1.82, 2.24) is 14.2 Å². The molecule has 4 aromatic rings. The zero-order valence-corrected chi connectivity index (χ0v) is 23.3. The Kier molecular flexibility index (Phi) is 6.73. The lowest BCUT2D eigenvalue weighted by molar-refractivity contribution is 0.416. The fraction of sp³-hybridized carbons (Fsp3) is 0.367. The molecule has 0 unspecified atom stereocenters. The summed E-state index contributed by atoms with van der Waals surface area (Å²) in [6, 6.07) is 12.3. The van der Waals surface area contributed by atoms with Crippen LogP contribution in [0.1, 0.15) is 77.5 Å². The maximum Gasteiger partial charge on any atom is 0.282 e. The van der Waals surface area contributed by atoms with Gasteiger partial charge in [-0.15, -0.1) is 0 Å². The van der Waals surface area contributed by atoms with Gasteiger partial charge in [-0.1, -0.05) is 52.9 Å². The number of fused-ring (bicyclic) bond motifs is 1. The highest BCUT2D eigenvalue weighted by Crippen LogP contribution is 2.32. The van der Waals surface area contributed by atoms with Gasteiger partial charge in [0.1, 0.15) is 5.82 Å². The number of hydrogen-bond acceptors (Lipinski definition) is 3. The van der Waals surface area contributed by atoms with E-state index in [-0.39, 0.29) is 11.5 Å². The molecule has 186 valence electrons. The first-order chi connectivity index (χ1) is 17.2. The zero-order valence-electron chi connectivity index (χ0n) is 21.7. The minimum atomic E-state index is -0.114. The second-order valence-corrected chi connectivity index (χ2v) is 11.2. The van der Waals surface area contributed by atoms with Gasteiger partial charge >= 0.3 is 0 Å². The van der Waals surface area contributed by atoms with Crippen molar-refractivity contribution in [1.29, 1.82) is 0 Å². The van der Waals surface area contributed by atoms with Crippen molar-refractivity contribution < 1.29 is 0 Å². The van der Waals surface area contributed by atoms with E-state index in [1.807, 2.05) is 24.4 Å². The average Bonchev–Trinajstić information content (AvgIpc) is 3.12. The lowest BCUT2D eigenvalue weighted by atomic mass is 9.88. The Morgan fingerprint density at radius 2 is 1.67 bits per heavy atom. The SMILES string of the molecule is Cc1cc(C)c(-n2c(C)cc(C=Nn3c(C4CCCCC4)nc4ccc(Br)cc4c3=O)c2C)c(C)c1. The average molecular weight is 546 g/mol. The summed E-state index contributed by atoms with van der Waals surface area (Å²) in [7, 11) is 0. The van der Waals surface area contributed by atoms with E-state index in [0.29, 0.717) is 5.39 Å². The second-order valence-electron chi connectivity index (χ2n) is 10.2. The van der Waals surface area contributed by atoms with Crippen LogP contribution in [0, 0.1) is 34.6 Å². The van der Waals surface area contributed by atoms with Gasteiger partial charge in [-0.25, -0.2) is 4.98 Å². The summed E-state index contributed by atoms with van der Waals surface area (Å²) >= 11 is 3.50. The first-order valence-corrected chi connectivity index (χ1v) is 13.6. The van der Waals surface area contributed by atoms with Crippen LogP contribution >= 0.6 is 15.9 Å². The van der Waals surface area contributed by atoms with Crippen LogP contribution in [0.15, 0.2) is 50.8 Å². The monoisotopic (exact) mass is 544 g/mol. The normalized spacial score (nSPS) is 14.8. The van der Waals surface area contributed by atoms with Crippen molar-refractivity contribution in [3.05, 3.63) is 90.7 Å². The van der Waals surface area contributed by atoms with Crippen LogP contribution in [0.3, 0.4) is 0 Å². The molecule has 0 aliphatic heterocycles. The molecule has 0 N–H and O–H groups in total. The molecule has 1 fully saturated rings. The number of aryl methyl sites for hydroxylation is 4. The molecule has 0 bridgehead atoms. The van der Waals surface area contributed by atoms with Crippen molar-refractivity contribution in [3.63, 3.8) is 0 Å². The maximum absolute atomic E-state index is 13.6. The van der Waals surface area contributed by atoms with Crippen LogP contribution < -0.4 is 5.56 Å². The fourth-order valence-electron chi connectivity index (χ4n) is 5.81. The van der Waals surface area contributed by atoms with Gasteiger partial charge in [0.15, 0.2) is 0 Å². The molecule has 5 rings (SSSR count). The van der Waals surface area contributed by atoms with Gasteiger partial charge in [0, 0.05) is 27.3 Å².